The average molecular weight is 364 g/mol. The second-order valence-electron chi connectivity index (χ2n) is 6.29. The highest BCUT2D eigenvalue weighted by atomic mass is 16.5. The summed E-state index contributed by atoms with van der Waals surface area (Å²) >= 11 is 0. The van der Waals surface area contributed by atoms with E-state index in [9.17, 15) is 4.79 Å². The van der Waals surface area contributed by atoms with Gasteiger partial charge in [0.2, 0.25) is 0 Å². The van der Waals surface area contributed by atoms with E-state index in [-0.39, 0.29) is 5.91 Å². The fourth-order valence-corrected chi connectivity index (χ4v) is 3.11. The molecule has 0 unspecified atom stereocenters. The maximum atomic E-state index is 12.8. The quantitative estimate of drug-likeness (QED) is 0.732. The van der Waals surface area contributed by atoms with Crippen LogP contribution in [0.3, 0.4) is 0 Å². The van der Waals surface area contributed by atoms with Crippen LogP contribution in [0.4, 0.5) is 11.4 Å². The number of pyridine rings is 2. The molecule has 0 aliphatic carbocycles. The molecule has 1 saturated heterocycles. The van der Waals surface area contributed by atoms with Gasteiger partial charge in [-0.3, -0.25) is 9.78 Å². The van der Waals surface area contributed by atoms with Crippen molar-refractivity contribution in [1.29, 1.82) is 0 Å². The zero-order valence-electron chi connectivity index (χ0n) is 15.0. The summed E-state index contributed by atoms with van der Waals surface area (Å²) in [5, 5.41) is 10.0. The molecule has 2 N–H and O–H groups in total. The van der Waals surface area contributed by atoms with E-state index in [1.165, 1.54) is 0 Å². The average Bonchev–Trinajstić information content (AvgIpc) is 3.15. The molecule has 0 aromatic carbocycles. The van der Waals surface area contributed by atoms with E-state index < -0.39 is 0 Å². The highest BCUT2D eigenvalue weighted by molar-refractivity contribution is 6.04. The first-order valence-electron chi connectivity index (χ1n) is 8.82. The lowest BCUT2D eigenvalue weighted by molar-refractivity contribution is 0.102. The van der Waals surface area contributed by atoms with Gasteiger partial charge in [0.1, 0.15) is 11.5 Å². The van der Waals surface area contributed by atoms with Crippen molar-refractivity contribution in [1.82, 2.24) is 20.4 Å². The molecule has 1 aliphatic rings. The van der Waals surface area contributed by atoms with Crippen LogP contribution < -0.4 is 15.5 Å². The molecule has 27 heavy (non-hydrogen) atoms. The van der Waals surface area contributed by atoms with E-state index in [0.717, 1.165) is 37.4 Å². The van der Waals surface area contributed by atoms with Gasteiger partial charge < -0.3 is 20.1 Å². The predicted octanol–water partition coefficient (Wildman–Crippen LogP) is 2.10. The summed E-state index contributed by atoms with van der Waals surface area (Å²) in [4.78, 5) is 23.6. The molecule has 4 heterocycles. The van der Waals surface area contributed by atoms with Crippen LogP contribution in [0.15, 0.2) is 47.4 Å². The van der Waals surface area contributed by atoms with Crippen molar-refractivity contribution in [2.24, 2.45) is 0 Å². The summed E-state index contributed by atoms with van der Waals surface area (Å²) in [7, 11) is 0. The molecule has 1 amide bonds. The van der Waals surface area contributed by atoms with E-state index in [0.29, 0.717) is 22.8 Å². The maximum absolute atomic E-state index is 12.8. The number of nitrogens with zero attached hydrogens (tertiary/aromatic N) is 4. The maximum Gasteiger partial charge on any atom is 0.274 e. The Hall–Kier alpha value is -3.26. The number of carbonyl (C=O) groups excluding carboxylic acids is 1. The molecule has 3 aromatic heterocycles. The van der Waals surface area contributed by atoms with Crippen LogP contribution in [0.25, 0.3) is 11.3 Å². The molecule has 8 nitrogen and oxygen atoms in total. The number of hydrogen-bond acceptors (Lipinski definition) is 7. The molecular formula is C19H20N6O2. The van der Waals surface area contributed by atoms with Crippen LogP contribution in [0, 0.1) is 6.92 Å². The van der Waals surface area contributed by atoms with E-state index in [2.05, 4.69) is 30.7 Å². The van der Waals surface area contributed by atoms with Gasteiger partial charge in [-0.05, 0) is 25.1 Å². The molecular weight excluding hydrogens is 344 g/mol. The highest BCUT2D eigenvalue weighted by Gasteiger charge is 2.17. The summed E-state index contributed by atoms with van der Waals surface area (Å²) in [6.45, 7) is 5.40. The number of aryl methyl sites for hydroxylation is 1. The number of piperazine rings is 1. The fraction of sp³-hybridized carbons (Fsp3) is 0.263. The van der Waals surface area contributed by atoms with Crippen molar-refractivity contribution in [2.45, 2.75) is 6.92 Å². The van der Waals surface area contributed by atoms with E-state index in [1.54, 1.807) is 30.7 Å². The van der Waals surface area contributed by atoms with Crippen molar-refractivity contribution >= 4 is 17.3 Å². The van der Waals surface area contributed by atoms with Crippen LogP contribution >= 0.6 is 0 Å². The van der Waals surface area contributed by atoms with Gasteiger partial charge in [0.05, 0.1) is 35.0 Å². The Morgan fingerprint density at radius 3 is 2.85 bits per heavy atom. The molecule has 8 heteroatoms. The number of aromatic nitrogens is 3. The summed E-state index contributed by atoms with van der Waals surface area (Å²) < 4.78 is 5.09. The number of hydrogen-bond donors (Lipinski definition) is 2. The van der Waals surface area contributed by atoms with Crippen LogP contribution in [-0.2, 0) is 0 Å². The third-order valence-corrected chi connectivity index (χ3v) is 4.51. The van der Waals surface area contributed by atoms with E-state index >= 15 is 0 Å². The number of amides is 1. The lowest BCUT2D eigenvalue weighted by atomic mass is 10.1. The van der Waals surface area contributed by atoms with E-state index in [1.807, 2.05) is 19.1 Å². The predicted molar refractivity (Wildman–Crippen MR) is 102 cm³/mol. The van der Waals surface area contributed by atoms with Gasteiger partial charge in [0, 0.05) is 32.4 Å². The Morgan fingerprint density at radius 1 is 1.22 bits per heavy atom. The molecule has 0 bridgehead atoms. The van der Waals surface area contributed by atoms with Crippen LogP contribution in [-0.4, -0.2) is 47.2 Å². The van der Waals surface area contributed by atoms with Gasteiger partial charge in [-0.1, -0.05) is 11.2 Å². The molecule has 4 rings (SSSR count). The van der Waals surface area contributed by atoms with E-state index in [4.69, 9.17) is 4.52 Å². The monoisotopic (exact) mass is 364 g/mol. The van der Waals surface area contributed by atoms with Gasteiger partial charge in [-0.2, -0.15) is 0 Å². The van der Waals surface area contributed by atoms with Crippen molar-refractivity contribution in [2.75, 3.05) is 36.4 Å². The minimum atomic E-state index is -0.282. The summed E-state index contributed by atoms with van der Waals surface area (Å²) in [5.74, 6) is 0.378. The lowest BCUT2D eigenvalue weighted by Gasteiger charge is -2.30. The number of rotatable bonds is 4. The Labute approximate surface area is 156 Å². The second-order valence-corrected chi connectivity index (χ2v) is 6.29. The van der Waals surface area contributed by atoms with Gasteiger partial charge in [0.25, 0.3) is 5.91 Å². The summed E-state index contributed by atoms with van der Waals surface area (Å²) in [6.07, 6.45) is 5.01. The fourth-order valence-electron chi connectivity index (χ4n) is 3.11. The summed E-state index contributed by atoms with van der Waals surface area (Å²) in [6, 6.07) is 7.23. The minimum absolute atomic E-state index is 0.282. The SMILES string of the molecule is Cc1oncc1-c1cccc(C(=O)Nc2cnccc2N2CCNCC2)n1. The van der Waals surface area contributed by atoms with Gasteiger partial charge in [0.15, 0.2) is 0 Å². The topological polar surface area (TPSA) is 96.2 Å². The minimum Gasteiger partial charge on any atom is -0.367 e. The molecule has 1 fully saturated rings. The van der Waals surface area contributed by atoms with Gasteiger partial charge in [-0.25, -0.2) is 4.98 Å². The van der Waals surface area contributed by atoms with Crippen molar-refractivity contribution in [3.63, 3.8) is 0 Å². The van der Waals surface area contributed by atoms with Crippen molar-refractivity contribution in [3.8, 4) is 11.3 Å². The third-order valence-electron chi connectivity index (χ3n) is 4.51. The molecule has 1 aliphatic heterocycles. The third kappa shape index (κ3) is 3.65. The molecule has 3 aromatic rings. The first-order chi connectivity index (χ1) is 13.2. The second kappa shape index (κ2) is 7.55. The van der Waals surface area contributed by atoms with Crippen LogP contribution in [0.1, 0.15) is 16.2 Å². The number of carbonyl (C=O) groups is 1. The molecule has 0 spiro atoms. The standard InChI is InChI=1S/C19H20N6O2/c1-13-14(11-22-27-13)15-3-2-4-16(23-15)19(26)24-17-12-21-6-5-18(17)25-9-7-20-8-10-25/h2-6,11-12,20H,7-10H2,1H3,(H,24,26). The molecule has 0 atom stereocenters. The first kappa shape index (κ1) is 17.2. The first-order valence-corrected chi connectivity index (χ1v) is 8.82. The Bertz CT molecular complexity index is 949. The normalized spacial score (nSPS) is 14.2. The number of nitrogens with one attached hydrogen (secondary N) is 2. The Morgan fingerprint density at radius 2 is 2.07 bits per heavy atom. The molecule has 0 radical (unpaired) electrons. The zero-order valence-corrected chi connectivity index (χ0v) is 15.0. The molecule has 0 saturated carbocycles. The van der Waals surface area contributed by atoms with Gasteiger partial charge in [-0.15, -0.1) is 0 Å². The Balaban J connectivity index is 1.57. The van der Waals surface area contributed by atoms with Crippen LogP contribution in [0.5, 0.6) is 0 Å². The largest absolute Gasteiger partial charge is 0.367 e. The van der Waals surface area contributed by atoms with Crippen LogP contribution in [0.2, 0.25) is 0 Å². The van der Waals surface area contributed by atoms with Crippen molar-refractivity contribution < 1.29 is 9.32 Å². The van der Waals surface area contributed by atoms with Crippen molar-refractivity contribution in [3.05, 3.63) is 54.3 Å². The lowest BCUT2D eigenvalue weighted by Crippen LogP contribution is -2.43. The Kier molecular flexibility index (Phi) is 4.80. The zero-order chi connectivity index (χ0) is 18.6. The highest BCUT2D eigenvalue weighted by Crippen LogP contribution is 2.26. The summed E-state index contributed by atoms with van der Waals surface area (Å²) in [5.41, 5.74) is 3.38. The smallest absolute Gasteiger partial charge is 0.274 e. The van der Waals surface area contributed by atoms with Gasteiger partial charge >= 0.3 is 0 Å². The molecule has 138 valence electrons. The number of anilines is 2.